The number of aliphatic carboxylic acids is 1. The highest BCUT2D eigenvalue weighted by molar-refractivity contribution is 5.72. The van der Waals surface area contributed by atoms with Gasteiger partial charge in [-0.1, -0.05) is 51.2 Å². The van der Waals surface area contributed by atoms with Gasteiger partial charge >= 0.3 is 5.97 Å². The van der Waals surface area contributed by atoms with E-state index in [0.29, 0.717) is 6.42 Å². The lowest BCUT2D eigenvalue weighted by Gasteiger charge is -1.97. The molecular formula is C15H23N3O2. The Bertz CT molecular complexity index is 466. The molecule has 1 heterocycles. The predicted octanol–water partition coefficient (Wildman–Crippen LogP) is 3.78. The molecular weight excluding hydrogens is 254 g/mol. The van der Waals surface area contributed by atoms with E-state index in [9.17, 15) is 4.79 Å². The van der Waals surface area contributed by atoms with E-state index in [0.717, 1.165) is 23.9 Å². The first-order valence-corrected chi connectivity index (χ1v) is 7.21. The molecule has 0 atom stereocenters. The van der Waals surface area contributed by atoms with Gasteiger partial charge in [-0.25, -0.2) is 0 Å². The summed E-state index contributed by atoms with van der Waals surface area (Å²) in [5, 5.41) is 18.6. The second-order valence-corrected chi connectivity index (χ2v) is 4.72. The van der Waals surface area contributed by atoms with Crippen LogP contribution in [0.4, 0.5) is 0 Å². The molecule has 2 aromatic rings. The molecule has 0 fully saturated rings. The minimum absolute atomic E-state index is 0.339. The molecule has 0 aliphatic carbocycles. The van der Waals surface area contributed by atoms with Crippen molar-refractivity contribution in [2.75, 3.05) is 0 Å². The molecule has 110 valence electrons. The zero-order chi connectivity index (χ0) is 14.6. The molecule has 0 spiro atoms. The van der Waals surface area contributed by atoms with Gasteiger partial charge in [-0.2, -0.15) is 15.4 Å². The molecule has 0 unspecified atom stereocenters. The van der Waals surface area contributed by atoms with Gasteiger partial charge < -0.3 is 5.11 Å². The van der Waals surface area contributed by atoms with Crippen LogP contribution < -0.4 is 0 Å². The van der Waals surface area contributed by atoms with Crippen LogP contribution in [0, 0.1) is 0 Å². The highest BCUT2D eigenvalue weighted by Gasteiger charge is 1.95. The number of hydrogen-bond donors (Lipinski definition) is 2. The van der Waals surface area contributed by atoms with Crippen LogP contribution in [0.1, 0.15) is 51.9 Å². The number of carbonyl (C=O) groups is 1. The van der Waals surface area contributed by atoms with Gasteiger partial charge in [-0.05, 0) is 18.6 Å². The van der Waals surface area contributed by atoms with Gasteiger partial charge in [0.2, 0.25) is 0 Å². The summed E-state index contributed by atoms with van der Waals surface area (Å²) in [6, 6.07) is 7.70. The molecule has 5 heteroatoms. The van der Waals surface area contributed by atoms with Crippen molar-refractivity contribution in [3.8, 4) is 0 Å². The van der Waals surface area contributed by atoms with E-state index in [-0.39, 0.29) is 0 Å². The van der Waals surface area contributed by atoms with E-state index < -0.39 is 5.97 Å². The molecule has 1 aromatic heterocycles. The van der Waals surface area contributed by atoms with Crippen LogP contribution in [-0.2, 0) is 4.79 Å². The number of aromatic amines is 1. The number of nitrogens with one attached hydrogen (secondary N) is 1. The summed E-state index contributed by atoms with van der Waals surface area (Å²) in [4.78, 5) is 10.1. The van der Waals surface area contributed by atoms with Crippen molar-refractivity contribution in [3.05, 3.63) is 24.3 Å². The number of H-pyrrole nitrogens is 1. The molecule has 0 aliphatic heterocycles. The van der Waals surface area contributed by atoms with Crippen LogP contribution in [0.25, 0.3) is 11.0 Å². The summed E-state index contributed by atoms with van der Waals surface area (Å²) in [5.74, 6) is -0.666. The Morgan fingerprint density at radius 3 is 2.15 bits per heavy atom. The van der Waals surface area contributed by atoms with E-state index in [2.05, 4.69) is 22.3 Å². The van der Waals surface area contributed by atoms with Crippen molar-refractivity contribution in [2.24, 2.45) is 0 Å². The van der Waals surface area contributed by atoms with Crippen molar-refractivity contribution >= 4 is 17.0 Å². The van der Waals surface area contributed by atoms with Crippen molar-refractivity contribution in [3.63, 3.8) is 0 Å². The van der Waals surface area contributed by atoms with Crippen LogP contribution in [0.2, 0.25) is 0 Å². The molecule has 0 bridgehead atoms. The summed E-state index contributed by atoms with van der Waals surface area (Å²) >= 11 is 0. The van der Waals surface area contributed by atoms with Crippen LogP contribution >= 0.6 is 0 Å². The van der Waals surface area contributed by atoms with Crippen molar-refractivity contribution in [1.29, 1.82) is 0 Å². The molecule has 0 radical (unpaired) electrons. The largest absolute Gasteiger partial charge is 0.481 e. The van der Waals surface area contributed by atoms with Gasteiger partial charge in [0.25, 0.3) is 0 Å². The monoisotopic (exact) mass is 277 g/mol. The third kappa shape index (κ3) is 6.87. The van der Waals surface area contributed by atoms with Gasteiger partial charge in [-0.15, -0.1) is 0 Å². The first-order chi connectivity index (χ1) is 9.74. The molecule has 0 saturated carbocycles. The van der Waals surface area contributed by atoms with Gasteiger partial charge in [0.1, 0.15) is 11.0 Å². The SMILES string of the molecule is CCCCCCCCC(=O)O.c1ccc2n[nH]nc2c1. The maximum Gasteiger partial charge on any atom is 0.303 e. The molecule has 1 aromatic carbocycles. The van der Waals surface area contributed by atoms with Gasteiger partial charge in [0.05, 0.1) is 0 Å². The van der Waals surface area contributed by atoms with Crippen LogP contribution in [0.15, 0.2) is 24.3 Å². The lowest BCUT2D eigenvalue weighted by molar-refractivity contribution is -0.137. The van der Waals surface area contributed by atoms with Gasteiger partial charge in [0, 0.05) is 6.42 Å². The normalized spacial score (nSPS) is 10.1. The van der Waals surface area contributed by atoms with Crippen molar-refractivity contribution < 1.29 is 9.90 Å². The molecule has 2 N–H and O–H groups in total. The minimum Gasteiger partial charge on any atom is -0.481 e. The minimum atomic E-state index is -0.666. The summed E-state index contributed by atoms with van der Waals surface area (Å²) in [6.45, 7) is 2.18. The summed E-state index contributed by atoms with van der Waals surface area (Å²) in [7, 11) is 0. The Balaban J connectivity index is 0.000000202. The highest BCUT2D eigenvalue weighted by atomic mass is 16.4. The Labute approximate surface area is 119 Å². The number of carboxylic acid groups (broad SMARTS) is 1. The van der Waals surface area contributed by atoms with E-state index >= 15 is 0 Å². The summed E-state index contributed by atoms with van der Waals surface area (Å²) < 4.78 is 0. The second kappa shape index (κ2) is 9.95. The lowest BCUT2D eigenvalue weighted by atomic mass is 10.1. The molecule has 0 saturated heterocycles. The lowest BCUT2D eigenvalue weighted by Crippen LogP contribution is -1.93. The average molecular weight is 277 g/mol. The number of benzene rings is 1. The number of hydrogen-bond acceptors (Lipinski definition) is 3. The fourth-order valence-corrected chi connectivity index (χ4v) is 1.84. The fourth-order valence-electron chi connectivity index (χ4n) is 1.84. The number of unbranched alkanes of at least 4 members (excludes halogenated alkanes) is 5. The van der Waals surface area contributed by atoms with E-state index in [4.69, 9.17) is 5.11 Å². The summed E-state index contributed by atoms with van der Waals surface area (Å²) in [5.41, 5.74) is 1.83. The van der Waals surface area contributed by atoms with E-state index in [1.165, 1.54) is 25.7 Å². The number of carboxylic acids is 1. The highest BCUT2D eigenvalue weighted by Crippen LogP contribution is 2.06. The Morgan fingerprint density at radius 2 is 1.60 bits per heavy atom. The number of aromatic nitrogens is 3. The smallest absolute Gasteiger partial charge is 0.303 e. The van der Waals surface area contributed by atoms with E-state index in [1.54, 1.807) is 0 Å². The fraction of sp³-hybridized carbons (Fsp3) is 0.533. The maximum absolute atomic E-state index is 10.1. The topological polar surface area (TPSA) is 78.9 Å². The van der Waals surface area contributed by atoms with E-state index in [1.807, 2.05) is 24.3 Å². The molecule has 5 nitrogen and oxygen atoms in total. The Kier molecular flexibility index (Phi) is 8.03. The molecule has 0 aliphatic rings. The molecule has 0 amide bonds. The van der Waals surface area contributed by atoms with Crippen molar-refractivity contribution in [2.45, 2.75) is 51.9 Å². The third-order valence-corrected chi connectivity index (χ3v) is 2.97. The Hall–Kier alpha value is -1.91. The zero-order valence-electron chi connectivity index (χ0n) is 12.0. The van der Waals surface area contributed by atoms with Gasteiger partial charge in [0.15, 0.2) is 0 Å². The maximum atomic E-state index is 10.1. The number of para-hydroxylation sites is 2. The van der Waals surface area contributed by atoms with Gasteiger partial charge in [-0.3, -0.25) is 4.79 Å². The molecule has 2 rings (SSSR count). The summed E-state index contributed by atoms with van der Waals surface area (Å²) in [6.07, 6.45) is 7.25. The quantitative estimate of drug-likeness (QED) is 0.755. The third-order valence-electron chi connectivity index (χ3n) is 2.97. The second-order valence-electron chi connectivity index (χ2n) is 4.72. The first-order valence-electron chi connectivity index (χ1n) is 7.21. The number of rotatable bonds is 7. The zero-order valence-corrected chi connectivity index (χ0v) is 12.0. The first kappa shape index (κ1) is 16.1. The Morgan fingerprint density at radius 1 is 1.05 bits per heavy atom. The van der Waals surface area contributed by atoms with Crippen LogP contribution in [-0.4, -0.2) is 26.5 Å². The average Bonchev–Trinajstić information content (AvgIpc) is 2.91. The van der Waals surface area contributed by atoms with Crippen LogP contribution in [0.5, 0.6) is 0 Å². The number of fused-ring (bicyclic) bond motifs is 1. The number of nitrogens with zero attached hydrogens (tertiary/aromatic N) is 2. The molecule has 20 heavy (non-hydrogen) atoms. The standard InChI is InChI=1S/C9H18O2.C6H5N3/c1-2-3-4-5-6-7-8-9(10)11;1-2-4-6-5(3-1)7-9-8-6/h2-8H2,1H3,(H,10,11);1-4H,(H,7,8,9). The van der Waals surface area contributed by atoms with Crippen molar-refractivity contribution in [1.82, 2.24) is 15.4 Å². The predicted molar refractivity (Wildman–Crippen MR) is 79.5 cm³/mol. The van der Waals surface area contributed by atoms with Crippen LogP contribution in [0.3, 0.4) is 0 Å².